The van der Waals surface area contributed by atoms with Crippen molar-refractivity contribution in [3.05, 3.63) is 18.3 Å². The van der Waals surface area contributed by atoms with Crippen LogP contribution in [0, 0.1) is 0 Å². The first-order chi connectivity index (χ1) is 9.05. The number of carbonyl (C=O) groups is 1. The highest BCUT2D eigenvalue weighted by Crippen LogP contribution is 2.19. The fourth-order valence-electron chi connectivity index (χ4n) is 1.60. The molecule has 1 rings (SSSR count). The van der Waals surface area contributed by atoms with E-state index in [9.17, 15) is 4.79 Å². The predicted molar refractivity (Wildman–Crippen MR) is 74.4 cm³/mol. The number of anilines is 1. The van der Waals surface area contributed by atoms with Crippen molar-refractivity contribution >= 4 is 11.6 Å². The van der Waals surface area contributed by atoms with Crippen LogP contribution in [0.3, 0.4) is 0 Å². The molecule has 5 heteroatoms. The van der Waals surface area contributed by atoms with Crippen LogP contribution >= 0.6 is 0 Å². The third kappa shape index (κ3) is 4.21. The SMILES string of the molecule is CCOc1ccc(NC(=O)[C@](C)(CC)OCC)cn1. The number of nitrogens with one attached hydrogen (secondary N) is 1. The molecule has 0 saturated heterocycles. The molecule has 0 radical (unpaired) electrons. The van der Waals surface area contributed by atoms with Crippen molar-refractivity contribution in [2.75, 3.05) is 18.5 Å². The molecule has 0 saturated carbocycles. The zero-order valence-corrected chi connectivity index (χ0v) is 12.0. The Morgan fingerprint density at radius 1 is 1.32 bits per heavy atom. The Kier molecular flexibility index (Phi) is 5.76. The molecule has 106 valence electrons. The lowest BCUT2D eigenvalue weighted by atomic mass is 10.0. The second-order valence-electron chi connectivity index (χ2n) is 4.29. The van der Waals surface area contributed by atoms with Gasteiger partial charge in [0.25, 0.3) is 5.91 Å². The molecule has 0 bridgehead atoms. The van der Waals surface area contributed by atoms with E-state index in [0.717, 1.165) is 0 Å². The van der Waals surface area contributed by atoms with Crippen LogP contribution in [-0.2, 0) is 9.53 Å². The average molecular weight is 266 g/mol. The van der Waals surface area contributed by atoms with Crippen molar-refractivity contribution < 1.29 is 14.3 Å². The highest BCUT2D eigenvalue weighted by atomic mass is 16.5. The van der Waals surface area contributed by atoms with Gasteiger partial charge in [0, 0.05) is 12.7 Å². The maximum absolute atomic E-state index is 12.2. The second-order valence-corrected chi connectivity index (χ2v) is 4.29. The molecule has 0 aliphatic heterocycles. The largest absolute Gasteiger partial charge is 0.478 e. The molecular weight excluding hydrogens is 244 g/mol. The van der Waals surface area contributed by atoms with Gasteiger partial charge in [-0.1, -0.05) is 6.92 Å². The van der Waals surface area contributed by atoms with Crippen LogP contribution in [0.15, 0.2) is 18.3 Å². The summed E-state index contributed by atoms with van der Waals surface area (Å²) in [6.45, 7) is 8.54. The lowest BCUT2D eigenvalue weighted by molar-refractivity contribution is -0.139. The summed E-state index contributed by atoms with van der Waals surface area (Å²) in [4.78, 5) is 16.3. The molecular formula is C14H22N2O3. The van der Waals surface area contributed by atoms with Crippen molar-refractivity contribution in [1.82, 2.24) is 4.98 Å². The second kappa shape index (κ2) is 7.09. The summed E-state index contributed by atoms with van der Waals surface area (Å²) >= 11 is 0. The first kappa shape index (κ1) is 15.4. The summed E-state index contributed by atoms with van der Waals surface area (Å²) in [6, 6.07) is 3.49. The molecule has 1 heterocycles. The number of carbonyl (C=O) groups excluding carboxylic acids is 1. The van der Waals surface area contributed by atoms with Crippen LogP contribution < -0.4 is 10.1 Å². The summed E-state index contributed by atoms with van der Waals surface area (Å²) in [6.07, 6.45) is 2.18. The highest BCUT2D eigenvalue weighted by molar-refractivity contribution is 5.96. The molecule has 1 atom stereocenters. The zero-order valence-electron chi connectivity index (χ0n) is 12.0. The van der Waals surface area contributed by atoms with Gasteiger partial charge in [-0.05, 0) is 33.3 Å². The lowest BCUT2D eigenvalue weighted by Crippen LogP contribution is -2.42. The molecule has 0 unspecified atom stereocenters. The standard InChI is InChI=1S/C14H22N2O3/c1-5-14(4,19-7-3)13(17)16-11-8-9-12(15-10-11)18-6-2/h8-10H,5-7H2,1-4H3,(H,16,17)/t14-/m0/s1. The van der Waals surface area contributed by atoms with E-state index in [2.05, 4.69) is 10.3 Å². The van der Waals surface area contributed by atoms with Gasteiger partial charge in [0.05, 0.1) is 18.5 Å². The minimum atomic E-state index is -0.812. The Morgan fingerprint density at radius 3 is 2.53 bits per heavy atom. The van der Waals surface area contributed by atoms with Crippen LogP contribution in [0.1, 0.15) is 34.1 Å². The molecule has 0 aliphatic carbocycles. The first-order valence-electron chi connectivity index (χ1n) is 6.60. The molecule has 1 aromatic rings. The van der Waals surface area contributed by atoms with Crippen LogP contribution in [0.5, 0.6) is 5.88 Å². The van der Waals surface area contributed by atoms with Crippen molar-refractivity contribution in [3.63, 3.8) is 0 Å². The number of amides is 1. The number of ether oxygens (including phenoxy) is 2. The number of rotatable bonds is 7. The van der Waals surface area contributed by atoms with E-state index in [1.165, 1.54) is 0 Å². The lowest BCUT2D eigenvalue weighted by Gasteiger charge is -2.26. The van der Waals surface area contributed by atoms with Crippen molar-refractivity contribution in [1.29, 1.82) is 0 Å². The number of hydrogen-bond acceptors (Lipinski definition) is 4. The van der Waals surface area contributed by atoms with Crippen LogP contribution in [0.4, 0.5) is 5.69 Å². The van der Waals surface area contributed by atoms with Crippen molar-refractivity contribution in [2.45, 2.75) is 39.7 Å². The molecule has 0 fully saturated rings. The third-order valence-corrected chi connectivity index (χ3v) is 2.90. The molecule has 0 aliphatic rings. The number of hydrogen-bond donors (Lipinski definition) is 1. The third-order valence-electron chi connectivity index (χ3n) is 2.90. The molecule has 0 aromatic carbocycles. The summed E-state index contributed by atoms with van der Waals surface area (Å²) in [5, 5.41) is 2.81. The number of pyridine rings is 1. The van der Waals surface area contributed by atoms with Gasteiger partial charge in [-0.3, -0.25) is 4.79 Å². The molecule has 0 spiro atoms. The van der Waals surface area contributed by atoms with Gasteiger partial charge in [0.15, 0.2) is 0 Å². The summed E-state index contributed by atoms with van der Waals surface area (Å²) in [5.41, 5.74) is -0.180. The van der Waals surface area contributed by atoms with Gasteiger partial charge in [0.2, 0.25) is 5.88 Å². The Bertz CT molecular complexity index is 406. The predicted octanol–water partition coefficient (Wildman–Crippen LogP) is 2.62. The smallest absolute Gasteiger partial charge is 0.256 e. The quantitative estimate of drug-likeness (QED) is 0.824. The minimum absolute atomic E-state index is 0.164. The Labute approximate surface area is 114 Å². The average Bonchev–Trinajstić information content (AvgIpc) is 2.41. The Morgan fingerprint density at radius 2 is 2.05 bits per heavy atom. The fraction of sp³-hybridized carbons (Fsp3) is 0.571. The normalized spacial score (nSPS) is 13.7. The van der Waals surface area contributed by atoms with Crippen LogP contribution in [-0.4, -0.2) is 29.7 Å². The van der Waals surface area contributed by atoms with E-state index in [4.69, 9.17) is 9.47 Å². The van der Waals surface area contributed by atoms with Gasteiger partial charge in [-0.15, -0.1) is 0 Å². The summed E-state index contributed by atoms with van der Waals surface area (Å²) in [5.74, 6) is 0.381. The molecule has 19 heavy (non-hydrogen) atoms. The Balaban J connectivity index is 2.70. The van der Waals surface area contributed by atoms with Gasteiger partial charge in [-0.25, -0.2) is 4.98 Å². The maximum Gasteiger partial charge on any atom is 0.256 e. The summed E-state index contributed by atoms with van der Waals surface area (Å²) < 4.78 is 10.8. The van der Waals surface area contributed by atoms with E-state index in [-0.39, 0.29) is 5.91 Å². The number of nitrogens with zero attached hydrogens (tertiary/aromatic N) is 1. The summed E-state index contributed by atoms with van der Waals surface area (Å²) in [7, 11) is 0. The fourth-order valence-corrected chi connectivity index (χ4v) is 1.60. The highest BCUT2D eigenvalue weighted by Gasteiger charge is 2.31. The van der Waals surface area contributed by atoms with Gasteiger partial charge >= 0.3 is 0 Å². The topological polar surface area (TPSA) is 60.5 Å². The minimum Gasteiger partial charge on any atom is -0.478 e. The van der Waals surface area contributed by atoms with Gasteiger partial charge < -0.3 is 14.8 Å². The maximum atomic E-state index is 12.2. The van der Waals surface area contributed by atoms with E-state index in [1.54, 1.807) is 25.3 Å². The molecule has 1 N–H and O–H groups in total. The van der Waals surface area contributed by atoms with E-state index in [0.29, 0.717) is 31.2 Å². The molecule has 5 nitrogen and oxygen atoms in total. The monoisotopic (exact) mass is 266 g/mol. The molecule has 1 aromatic heterocycles. The Hall–Kier alpha value is -1.62. The first-order valence-corrected chi connectivity index (χ1v) is 6.60. The number of aromatic nitrogens is 1. The van der Waals surface area contributed by atoms with Crippen molar-refractivity contribution in [3.8, 4) is 5.88 Å². The van der Waals surface area contributed by atoms with Gasteiger partial charge in [-0.2, -0.15) is 0 Å². The zero-order chi connectivity index (χ0) is 14.3. The van der Waals surface area contributed by atoms with E-state index < -0.39 is 5.60 Å². The van der Waals surface area contributed by atoms with E-state index >= 15 is 0 Å². The van der Waals surface area contributed by atoms with E-state index in [1.807, 2.05) is 20.8 Å². The molecule has 1 amide bonds. The van der Waals surface area contributed by atoms with Crippen LogP contribution in [0.2, 0.25) is 0 Å². The van der Waals surface area contributed by atoms with Gasteiger partial charge in [0.1, 0.15) is 5.60 Å². The van der Waals surface area contributed by atoms with Crippen molar-refractivity contribution in [2.24, 2.45) is 0 Å². The van der Waals surface area contributed by atoms with Crippen LogP contribution in [0.25, 0.3) is 0 Å².